The number of fused-ring (bicyclic) bond motifs is 1. The van der Waals surface area contributed by atoms with Gasteiger partial charge in [-0.25, -0.2) is 8.42 Å². The molecule has 3 rings (SSSR count). The number of hydrogen-bond acceptors (Lipinski definition) is 5. The summed E-state index contributed by atoms with van der Waals surface area (Å²) in [5, 5.41) is 4.62. The van der Waals surface area contributed by atoms with Crippen LogP contribution in [-0.4, -0.2) is 52.6 Å². The number of para-hydroxylation sites is 1. The van der Waals surface area contributed by atoms with E-state index >= 15 is 0 Å². The molecule has 0 spiro atoms. The topological polar surface area (TPSA) is 89.3 Å². The van der Waals surface area contributed by atoms with Crippen molar-refractivity contribution in [3.63, 3.8) is 0 Å². The number of rotatable bonds is 5. The van der Waals surface area contributed by atoms with E-state index in [0.29, 0.717) is 17.3 Å². The highest BCUT2D eigenvalue weighted by Crippen LogP contribution is 2.22. The van der Waals surface area contributed by atoms with Crippen LogP contribution in [0.25, 0.3) is 10.9 Å². The third-order valence-electron chi connectivity index (χ3n) is 5.00. The fraction of sp³-hybridized carbons (Fsp3) is 0.500. The number of sulfone groups is 1. The maximum absolute atomic E-state index is 13.0. The molecule has 2 heterocycles. The van der Waals surface area contributed by atoms with Crippen molar-refractivity contribution in [3.8, 4) is 0 Å². The lowest BCUT2D eigenvalue weighted by atomic mass is 10.1. The predicted molar refractivity (Wildman–Crippen MR) is 99.7 cm³/mol. The molecule has 2 atom stereocenters. The quantitative estimate of drug-likeness (QED) is 0.781. The van der Waals surface area contributed by atoms with E-state index in [9.17, 15) is 18.0 Å². The molecule has 140 valence electrons. The molecule has 0 radical (unpaired) electrons. The predicted octanol–water partition coefficient (Wildman–Crippen LogP) is 1.21. The van der Waals surface area contributed by atoms with E-state index in [2.05, 4.69) is 5.10 Å². The van der Waals surface area contributed by atoms with Gasteiger partial charge in [0.15, 0.2) is 9.84 Å². The average molecular weight is 377 g/mol. The van der Waals surface area contributed by atoms with Crippen LogP contribution in [0.2, 0.25) is 0 Å². The smallest absolute Gasteiger partial charge is 0.244 e. The summed E-state index contributed by atoms with van der Waals surface area (Å²) in [6, 6.07) is 6.66. The van der Waals surface area contributed by atoms with Crippen LogP contribution in [0.15, 0.2) is 35.3 Å². The van der Waals surface area contributed by atoms with Crippen molar-refractivity contribution < 1.29 is 13.2 Å². The lowest BCUT2D eigenvalue weighted by molar-refractivity contribution is -0.136. The fourth-order valence-electron chi connectivity index (χ4n) is 3.50. The first kappa shape index (κ1) is 18.6. The Morgan fingerprint density at radius 3 is 2.77 bits per heavy atom. The second kappa shape index (κ2) is 7.19. The molecule has 0 saturated carbocycles. The molecule has 2 aromatic rings. The van der Waals surface area contributed by atoms with Crippen molar-refractivity contribution in [1.82, 2.24) is 14.7 Å². The maximum Gasteiger partial charge on any atom is 0.244 e. The summed E-state index contributed by atoms with van der Waals surface area (Å²) in [6.45, 7) is 3.88. The zero-order chi connectivity index (χ0) is 18.9. The summed E-state index contributed by atoms with van der Waals surface area (Å²) >= 11 is 0. The molecule has 26 heavy (non-hydrogen) atoms. The van der Waals surface area contributed by atoms with Gasteiger partial charge in [0.2, 0.25) is 11.3 Å². The van der Waals surface area contributed by atoms with Gasteiger partial charge in [0.05, 0.1) is 23.2 Å². The van der Waals surface area contributed by atoms with Gasteiger partial charge in [0.1, 0.15) is 6.54 Å². The Bertz CT molecular complexity index is 983. The lowest BCUT2D eigenvalue weighted by Gasteiger charge is -2.34. The minimum atomic E-state index is -3.09. The molecule has 8 heteroatoms. The number of carbonyl (C=O) groups excluding carboxylic acids is 1. The molecule has 1 aromatic heterocycles. The summed E-state index contributed by atoms with van der Waals surface area (Å²) in [6.07, 6.45) is 2.42. The molecule has 1 amide bonds. The van der Waals surface area contributed by atoms with Crippen molar-refractivity contribution in [3.05, 3.63) is 40.7 Å². The second-order valence-electron chi connectivity index (χ2n) is 6.80. The summed E-state index contributed by atoms with van der Waals surface area (Å²) < 4.78 is 25.2. The lowest BCUT2D eigenvalue weighted by Crippen LogP contribution is -2.48. The highest BCUT2D eigenvalue weighted by Gasteiger charge is 2.36. The maximum atomic E-state index is 13.0. The largest absolute Gasteiger partial charge is 0.334 e. The molecule has 7 nitrogen and oxygen atoms in total. The van der Waals surface area contributed by atoms with Crippen LogP contribution in [0, 0.1) is 0 Å². The van der Waals surface area contributed by atoms with Crippen molar-refractivity contribution in [1.29, 1.82) is 0 Å². The normalized spacial score (nSPS) is 20.2. The van der Waals surface area contributed by atoms with Crippen LogP contribution in [0.3, 0.4) is 0 Å². The fourth-order valence-corrected chi connectivity index (χ4v) is 5.21. The van der Waals surface area contributed by atoms with Gasteiger partial charge in [-0.2, -0.15) is 5.10 Å². The van der Waals surface area contributed by atoms with E-state index < -0.39 is 9.84 Å². The number of nitrogens with zero attached hydrogens (tertiary/aromatic N) is 3. The molecular formula is C18H23N3O4S. The summed E-state index contributed by atoms with van der Waals surface area (Å²) in [5.74, 6) is -0.0406. The Kier molecular flexibility index (Phi) is 5.13. The second-order valence-corrected chi connectivity index (χ2v) is 9.03. The minimum absolute atomic E-state index is 0.0153. The first-order chi connectivity index (χ1) is 12.3. The van der Waals surface area contributed by atoms with Crippen molar-refractivity contribution in [2.45, 2.75) is 45.3 Å². The monoisotopic (exact) mass is 377 g/mol. The zero-order valence-electron chi connectivity index (χ0n) is 15.0. The average Bonchev–Trinajstić information content (AvgIpc) is 2.97. The van der Waals surface area contributed by atoms with Crippen LogP contribution >= 0.6 is 0 Å². The van der Waals surface area contributed by atoms with E-state index in [4.69, 9.17) is 0 Å². The van der Waals surface area contributed by atoms with Gasteiger partial charge in [0.25, 0.3) is 0 Å². The van der Waals surface area contributed by atoms with Crippen LogP contribution in [-0.2, 0) is 21.2 Å². The summed E-state index contributed by atoms with van der Waals surface area (Å²) in [5.41, 5.74) is 0.404. The first-order valence-electron chi connectivity index (χ1n) is 8.79. The number of aromatic nitrogens is 2. The Morgan fingerprint density at radius 1 is 1.38 bits per heavy atom. The van der Waals surface area contributed by atoms with Crippen molar-refractivity contribution in [2.75, 3.05) is 11.5 Å². The summed E-state index contributed by atoms with van der Waals surface area (Å²) in [7, 11) is -3.09. The highest BCUT2D eigenvalue weighted by molar-refractivity contribution is 7.91. The van der Waals surface area contributed by atoms with Gasteiger partial charge < -0.3 is 4.90 Å². The molecule has 1 aliphatic rings. The molecular weight excluding hydrogens is 354 g/mol. The Labute approximate surface area is 152 Å². The van der Waals surface area contributed by atoms with E-state index in [-0.39, 0.29) is 41.5 Å². The molecule has 0 N–H and O–H groups in total. The van der Waals surface area contributed by atoms with Crippen molar-refractivity contribution in [2.24, 2.45) is 0 Å². The van der Waals surface area contributed by atoms with Crippen LogP contribution in [0.1, 0.15) is 26.7 Å². The zero-order valence-corrected chi connectivity index (χ0v) is 15.8. The van der Waals surface area contributed by atoms with Crippen molar-refractivity contribution >= 4 is 26.6 Å². The highest BCUT2D eigenvalue weighted by atomic mass is 32.2. The number of benzene rings is 1. The van der Waals surface area contributed by atoms with Crippen LogP contribution < -0.4 is 5.43 Å². The Hall–Kier alpha value is -2.22. The molecule has 1 saturated heterocycles. The number of carbonyl (C=O) groups is 1. The van der Waals surface area contributed by atoms with E-state index in [0.717, 1.165) is 6.42 Å². The molecule has 1 aliphatic heterocycles. The van der Waals surface area contributed by atoms with Gasteiger partial charge in [-0.3, -0.25) is 14.3 Å². The molecule has 0 bridgehead atoms. The third-order valence-corrected chi connectivity index (χ3v) is 6.75. The van der Waals surface area contributed by atoms with E-state index in [1.165, 1.54) is 10.9 Å². The minimum Gasteiger partial charge on any atom is -0.334 e. The van der Waals surface area contributed by atoms with Gasteiger partial charge in [0, 0.05) is 17.5 Å². The first-order valence-corrected chi connectivity index (χ1v) is 10.6. The molecule has 0 aliphatic carbocycles. The molecule has 1 fully saturated rings. The van der Waals surface area contributed by atoms with Gasteiger partial charge in [-0.15, -0.1) is 0 Å². The molecule has 1 aromatic carbocycles. The SMILES string of the molecule is CC[C@H](C)N(C(=O)Cn1ncc(=O)c2ccccc21)[C@H]1CCS(=O)(=O)C1. The van der Waals surface area contributed by atoms with Gasteiger partial charge in [-0.1, -0.05) is 19.1 Å². The Balaban J connectivity index is 1.92. The van der Waals surface area contributed by atoms with Gasteiger partial charge >= 0.3 is 0 Å². The van der Waals surface area contributed by atoms with Crippen LogP contribution in [0.5, 0.6) is 0 Å². The van der Waals surface area contributed by atoms with Gasteiger partial charge in [-0.05, 0) is 31.9 Å². The van der Waals surface area contributed by atoms with E-state index in [1.807, 2.05) is 13.8 Å². The number of amides is 1. The third kappa shape index (κ3) is 3.65. The molecule has 0 unspecified atom stereocenters. The Morgan fingerprint density at radius 2 is 2.12 bits per heavy atom. The summed E-state index contributed by atoms with van der Waals surface area (Å²) in [4.78, 5) is 26.7. The van der Waals surface area contributed by atoms with Crippen LogP contribution in [0.4, 0.5) is 0 Å². The number of hydrogen-bond donors (Lipinski definition) is 0. The van der Waals surface area contributed by atoms with E-state index in [1.54, 1.807) is 29.2 Å². The standard InChI is InChI=1S/C18H23N3O4S/c1-3-13(2)21(14-8-9-26(24,25)12-14)18(23)11-20-16-7-5-4-6-15(16)17(22)10-19-20/h4-7,10,13-14H,3,8-9,11-12H2,1-2H3/t13-,14-/m0/s1.